The van der Waals surface area contributed by atoms with Crippen molar-refractivity contribution >= 4 is 17.6 Å². The maximum Gasteiger partial charge on any atom is 0.317 e. The molecule has 2 aromatic rings. The maximum absolute atomic E-state index is 10.8. The number of carbonyl (C=O) groups is 1. The van der Waals surface area contributed by atoms with E-state index in [1.54, 1.807) is 15.8 Å². The Morgan fingerprint density at radius 2 is 2.23 bits per heavy atom. The zero-order valence-electron chi connectivity index (χ0n) is 11.9. The summed E-state index contributed by atoms with van der Waals surface area (Å²) in [5.74, 6) is 1.56. The molecule has 0 radical (unpaired) electrons. The summed E-state index contributed by atoms with van der Waals surface area (Å²) in [4.78, 5) is 12.5. The van der Waals surface area contributed by atoms with Crippen LogP contribution in [0, 0.1) is 12.3 Å². The molecule has 0 atom stereocenters. The molecule has 0 spiro atoms. The van der Waals surface area contributed by atoms with Gasteiger partial charge in [0.05, 0.1) is 25.8 Å². The molecule has 0 fully saturated rings. The molecule has 1 N–H and O–H groups in total. The average molecular weight is 318 g/mol. The molecule has 0 aliphatic rings. The average Bonchev–Trinajstić information content (AvgIpc) is 2.88. The normalized spacial score (nSPS) is 10.6. The van der Waals surface area contributed by atoms with Gasteiger partial charge in [-0.2, -0.15) is 5.10 Å². The standard InChI is InChI=1S/C16H16ClN3O2/c1-2-7-19(12-16(21)22)9-13-8-18-20(10-13)11-14-5-3-4-6-15(14)17/h1,3-6,8,10H,7,9,11-12H2,(H,21,22). The third-order valence-electron chi connectivity index (χ3n) is 3.06. The zero-order valence-corrected chi connectivity index (χ0v) is 12.7. The second-order valence-electron chi connectivity index (χ2n) is 4.88. The fourth-order valence-electron chi connectivity index (χ4n) is 2.12. The molecular formula is C16H16ClN3O2. The van der Waals surface area contributed by atoms with E-state index >= 15 is 0 Å². The van der Waals surface area contributed by atoms with E-state index in [0.29, 0.717) is 18.1 Å². The van der Waals surface area contributed by atoms with E-state index in [-0.39, 0.29) is 13.1 Å². The largest absolute Gasteiger partial charge is 0.480 e. The number of hydrogen-bond donors (Lipinski definition) is 1. The van der Waals surface area contributed by atoms with Crippen LogP contribution in [0.15, 0.2) is 36.7 Å². The number of carboxylic acid groups (broad SMARTS) is 1. The zero-order chi connectivity index (χ0) is 15.9. The van der Waals surface area contributed by atoms with E-state index in [1.165, 1.54) is 0 Å². The van der Waals surface area contributed by atoms with Gasteiger partial charge in [-0.15, -0.1) is 6.42 Å². The van der Waals surface area contributed by atoms with Crippen molar-refractivity contribution in [3.8, 4) is 12.3 Å². The first kappa shape index (κ1) is 16.1. The topological polar surface area (TPSA) is 58.4 Å². The van der Waals surface area contributed by atoms with Crippen LogP contribution in [0.3, 0.4) is 0 Å². The van der Waals surface area contributed by atoms with Gasteiger partial charge >= 0.3 is 5.97 Å². The minimum absolute atomic E-state index is 0.0973. The van der Waals surface area contributed by atoms with Crippen LogP contribution in [0.5, 0.6) is 0 Å². The summed E-state index contributed by atoms with van der Waals surface area (Å²) in [5, 5.41) is 13.8. The Hall–Kier alpha value is -2.29. The van der Waals surface area contributed by atoms with Crippen molar-refractivity contribution in [3.05, 3.63) is 52.8 Å². The van der Waals surface area contributed by atoms with Crippen LogP contribution in [0.2, 0.25) is 5.02 Å². The summed E-state index contributed by atoms with van der Waals surface area (Å²) >= 11 is 6.13. The molecular weight excluding hydrogens is 302 g/mol. The number of carboxylic acids is 1. The van der Waals surface area contributed by atoms with Crippen LogP contribution in [0.4, 0.5) is 0 Å². The summed E-state index contributed by atoms with van der Waals surface area (Å²) < 4.78 is 1.77. The van der Waals surface area contributed by atoms with Crippen molar-refractivity contribution in [1.82, 2.24) is 14.7 Å². The number of hydrogen-bond acceptors (Lipinski definition) is 3. The van der Waals surface area contributed by atoms with Crippen LogP contribution >= 0.6 is 11.6 Å². The Kier molecular flexibility index (Phi) is 5.59. The minimum Gasteiger partial charge on any atom is -0.480 e. The minimum atomic E-state index is -0.904. The molecule has 114 valence electrons. The molecule has 0 unspecified atom stereocenters. The lowest BCUT2D eigenvalue weighted by atomic mass is 10.2. The molecule has 0 amide bonds. The Labute approximate surface area is 134 Å². The van der Waals surface area contributed by atoms with Crippen LogP contribution in [0.25, 0.3) is 0 Å². The van der Waals surface area contributed by atoms with Gasteiger partial charge in [0.25, 0.3) is 0 Å². The molecule has 0 saturated carbocycles. The lowest BCUT2D eigenvalue weighted by molar-refractivity contribution is -0.138. The van der Waals surface area contributed by atoms with E-state index in [9.17, 15) is 4.79 Å². The molecule has 6 heteroatoms. The van der Waals surface area contributed by atoms with Crippen LogP contribution in [-0.4, -0.2) is 38.8 Å². The summed E-state index contributed by atoms with van der Waals surface area (Å²) in [5.41, 5.74) is 1.88. The highest BCUT2D eigenvalue weighted by Crippen LogP contribution is 2.16. The molecule has 0 aliphatic carbocycles. The van der Waals surface area contributed by atoms with Gasteiger partial charge in [-0.3, -0.25) is 14.4 Å². The Morgan fingerprint density at radius 3 is 2.91 bits per heavy atom. The SMILES string of the molecule is C#CCN(CC(=O)O)Cc1cnn(Cc2ccccc2Cl)c1. The van der Waals surface area contributed by atoms with Crippen molar-refractivity contribution in [2.45, 2.75) is 13.1 Å². The molecule has 0 saturated heterocycles. The summed E-state index contributed by atoms with van der Waals surface area (Å²) in [7, 11) is 0. The van der Waals surface area contributed by atoms with E-state index in [1.807, 2.05) is 30.5 Å². The molecule has 5 nitrogen and oxygen atoms in total. The summed E-state index contributed by atoms with van der Waals surface area (Å²) in [6, 6.07) is 7.58. The van der Waals surface area contributed by atoms with Crippen molar-refractivity contribution in [3.63, 3.8) is 0 Å². The fraction of sp³-hybridized carbons (Fsp3) is 0.250. The van der Waals surface area contributed by atoms with E-state index in [4.69, 9.17) is 23.1 Å². The maximum atomic E-state index is 10.8. The third kappa shape index (κ3) is 4.62. The lowest BCUT2D eigenvalue weighted by Crippen LogP contribution is -2.29. The van der Waals surface area contributed by atoms with Crippen molar-refractivity contribution in [1.29, 1.82) is 0 Å². The van der Waals surface area contributed by atoms with Crippen molar-refractivity contribution < 1.29 is 9.90 Å². The number of aromatic nitrogens is 2. The molecule has 22 heavy (non-hydrogen) atoms. The molecule has 2 rings (SSSR count). The number of halogens is 1. The van der Waals surface area contributed by atoms with Crippen molar-refractivity contribution in [2.75, 3.05) is 13.1 Å². The highest BCUT2D eigenvalue weighted by Gasteiger charge is 2.11. The van der Waals surface area contributed by atoms with Crippen LogP contribution in [-0.2, 0) is 17.9 Å². The second-order valence-corrected chi connectivity index (χ2v) is 5.29. The van der Waals surface area contributed by atoms with Crippen LogP contribution in [0.1, 0.15) is 11.1 Å². The number of rotatable bonds is 7. The van der Waals surface area contributed by atoms with Gasteiger partial charge in [0, 0.05) is 23.3 Å². The quantitative estimate of drug-likeness (QED) is 0.795. The first-order valence-corrected chi connectivity index (χ1v) is 7.08. The van der Waals surface area contributed by atoms with E-state index in [2.05, 4.69) is 11.0 Å². The fourth-order valence-corrected chi connectivity index (χ4v) is 2.32. The second kappa shape index (κ2) is 7.64. The van der Waals surface area contributed by atoms with Gasteiger partial charge in [0.15, 0.2) is 0 Å². The predicted octanol–water partition coefficient (Wildman–Crippen LogP) is 2.10. The monoisotopic (exact) mass is 317 g/mol. The van der Waals surface area contributed by atoms with Gasteiger partial charge in [0.1, 0.15) is 0 Å². The first-order valence-electron chi connectivity index (χ1n) is 6.71. The number of aliphatic carboxylic acids is 1. The summed E-state index contributed by atoms with van der Waals surface area (Å²) in [6.45, 7) is 1.19. The van der Waals surface area contributed by atoms with E-state index in [0.717, 1.165) is 11.1 Å². The van der Waals surface area contributed by atoms with E-state index < -0.39 is 5.97 Å². The smallest absolute Gasteiger partial charge is 0.317 e. The molecule has 0 aliphatic heterocycles. The molecule has 0 bridgehead atoms. The number of nitrogens with zero attached hydrogens (tertiary/aromatic N) is 3. The molecule has 1 aromatic carbocycles. The molecule has 1 heterocycles. The number of terminal acetylenes is 1. The number of benzene rings is 1. The highest BCUT2D eigenvalue weighted by atomic mass is 35.5. The Balaban J connectivity index is 2.03. The Morgan fingerprint density at radius 1 is 1.45 bits per heavy atom. The van der Waals surface area contributed by atoms with Gasteiger partial charge in [-0.05, 0) is 11.6 Å². The van der Waals surface area contributed by atoms with Gasteiger partial charge < -0.3 is 5.11 Å². The summed E-state index contributed by atoms with van der Waals surface area (Å²) in [6.07, 6.45) is 8.84. The van der Waals surface area contributed by atoms with Gasteiger partial charge in [-0.1, -0.05) is 35.7 Å². The highest BCUT2D eigenvalue weighted by molar-refractivity contribution is 6.31. The Bertz CT molecular complexity index is 691. The molecule has 1 aromatic heterocycles. The van der Waals surface area contributed by atoms with Gasteiger partial charge in [0.2, 0.25) is 0 Å². The lowest BCUT2D eigenvalue weighted by Gasteiger charge is -2.15. The first-order chi connectivity index (χ1) is 10.6. The van der Waals surface area contributed by atoms with Gasteiger partial charge in [-0.25, -0.2) is 0 Å². The van der Waals surface area contributed by atoms with Crippen LogP contribution < -0.4 is 0 Å². The predicted molar refractivity (Wildman–Crippen MR) is 84.5 cm³/mol. The third-order valence-corrected chi connectivity index (χ3v) is 3.43. The van der Waals surface area contributed by atoms with Crippen molar-refractivity contribution in [2.24, 2.45) is 0 Å².